The second kappa shape index (κ2) is 7.74. The molecule has 174 valence electrons. The molecule has 1 spiro atoms. The first kappa shape index (κ1) is 20.3. The van der Waals surface area contributed by atoms with Gasteiger partial charge in [-0.25, -0.2) is 0 Å². The summed E-state index contributed by atoms with van der Waals surface area (Å²) in [6, 6.07) is 0. The Kier molecular flexibility index (Phi) is 4.92. The molecule has 0 N–H and O–H groups in total. The van der Waals surface area contributed by atoms with E-state index in [1.54, 1.807) is 0 Å². The van der Waals surface area contributed by atoms with Gasteiger partial charge < -0.3 is 4.74 Å². The van der Waals surface area contributed by atoms with Gasteiger partial charge in [0.25, 0.3) is 0 Å². The normalized spacial score (nSPS) is 53.9. The van der Waals surface area contributed by atoms with Crippen LogP contribution in [0.2, 0.25) is 0 Å². The molecule has 0 aromatic heterocycles. The maximum atomic E-state index is 12.8. The number of carbonyl (C=O) groups is 1. The van der Waals surface area contributed by atoms with E-state index in [2.05, 4.69) is 24.3 Å². The van der Waals surface area contributed by atoms with Crippen LogP contribution in [0.4, 0.5) is 0 Å². The smallest absolute Gasteiger partial charge is 0.312 e. The number of rotatable bonds is 1. The van der Waals surface area contributed by atoms with E-state index < -0.39 is 0 Å². The number of hydrogen-bond donors (Lipinski definition) is 0. The average Bonchev–Trinajstić information content (AvgIpc) is 3.46. The van der Waals surface area contributed by atoms with Gasteiger partial charge in [-0.3, -0.25) is 4.79 Å². The standard InChI is InChI=1S/C30H42O2/c31-29-30(16-17-32-29)15-2-1-6-28(30)21-9-10-23-20(18-21)8-12-27-25(23)14-13-24-22-5-3-4-19(22)7-11-26(24)27/h1-4,19-28H,5-18H2. The van der Waals surface area contributed by atoms with Crippen molar-refractivity contribution in [2.45, 2.75) is 83.5 Å². The molecule has 1 heterocycles. The maximum Gasteiger partial charge on any atom is 0.312 e. The summed E-state index contributed by atoms with van der Waals surface area (Å²) in [4.78, 5) is 12.8. The molecule has 7 aliphatic rings. The lowest BCUT2D eigenvalue weighted by molar-refractivity contribution is -0.151. The van der Waals surface area contributed by atoms with Gasteiger partial charge in [-0.1, -0.05) is 24.3 Å². The zero-order valence-corrected chi connectivity index (χ0v) is 19.8. The average molecular weight is 435 g/mol. The number of hydrogen-bond acceptors (Lipinski definition) is 2. The van der Waals surface area contributed by atoms with Crippen LogP contribution < -0.4 is 0 Å². The number of ether oxygens (including phenoxy) is 1. The Morgan fingerprint density at radius 1 is 0.719 bits per heavy atom. The second-order valence-electron chi connectivity index (χ2n) is 12.9. The Bertz CT molecular complexity index is 812. The third kappa shape index (κ3) is 2.92. The van der Waals surface area contributed by atoms with E-state index in [1.165, 1.54) is 64.2 Å². The Labute approximate surface area is 194 Å². The van der Waals surface area contributed by atoms with Gasteiger partial charge in [-0.05, 0) is 143 Å². The summed E-state index contributed by atoms with van der Waals surface area (Å²) in [6.45, 7) is 0.658. The largest absolute Gasteiger partial charge is 0.465 e. The summed E-state index contributed by atoms with van der Waals surface area (Å²) in [5, 5.41) is 0. The number of carbonyl (C=O) groups excluding carboxylic acids is 1. The molecule has 5 fully saturated rings. The molecule has 11 atom stereocenters. The van der Waals surface area contributed by atoms with Gasteiger partial charge in [-0.15, -0.1) is 0 Å². The van der Waals surface area contributed by atoms with E-state index in [4.69, 9.17) is 4.74 Å². The summed E-state index contributed by atoms with van der Waals surface area (Å²) >= 11 is 0. The molecule has 0 aromatic rings. The summed E-state index contributed by atoms with van der Waals surface area (Å²) in [5.41, 5.74) is -0.171. The van der Waals surface area contributed by atoms with E-state index in [1.807, 2.05) is 0 Å². The SMILES string of the molecule is O=C1OCCC12CC=CCC2C1CCC2C(CCC3C2CCC2C4CC=CC4CCC23)C1. The van der Waals surface area contributed by atoms with Gasteiger partial charge in [0.05, 0.1) is 12.0 Å². The van der Waals surface area contributed by atoms with Gasteiger partial charge in [0.1, 0.15) is 0 Å². The first-order valence-electron chi connectivity index (χ1n) is 14.2. The zero-order chi connectivity index (χ0) is 21.3. The topological polar surface area (TPSA) is 26.3 Å². The number of cyclic esters (lactones) is 1. The summed E-state index contributed by atoms with van der Waals surface area (Å²) in [6.07, 6.45) is 27.4. The Morgan fingerprint density at radius 3 is 2.28 bits per heavy atom. The maximum absolute atomic E-state index is 12.8. The van der Waals surface area contributed by atoms with Crippen LogP contribution in [-0.4, -0.2) is 12.6 Å². The van der Waals surface area contributed by atoms with Crippen LogP contribution in [0.1, 0.15) is 83.5 Å². The van der Waals surface area contributed by atoms with E-state index in [-0.39, 0.29) is 11.4 Å². The van der Waals surface area contributed by atoms with Crippen LogP contribution in [0, 0.1) is 64.6 Å². The molecule has 0 bridgehead atoms. The quantitative estimate of drug-likeness (QED) is 0.329. The molecule has 11 unspecified atom stereocenters. The van der Waals surface area contributed by atoms with Crippen molar-refractivity contribution in [1.82, 2.24) is 0 Å². The number of fused-ring (bicyclic) bond motifs is 7. The van der Waals surface area contributed by atoms with E-state index in [0.29, 0.717) is 12.5 Å². The Hall–Kier alpha value is -1.05. The zero-order valence-electron chi connectivity index (χ0n) is 19.8. The van der Waals surface area contributed by atoms with Crippen LogP contribution in [0.3, 0.4) is 0 Å². The lowest BCUT2D eigenvalue weighted by Gasteiger charge is -2.57. The van der Waals surface area contributed by atoms with Crippen molar-refractivity contribution in [2.24, 2.45) is 64.6 Å². The Balaban J connectivity index is 1.07. The van der Waals surface area contributed by atoms with Crippen molar-refractivity contribution >= 4 is 5.97 Å². The van der Waals surface area contributed by atoms with Gasteiger partial charge in [-0.2, -0.15) is 0 Å². The van der Waals surface area contributed by atoms with E-state index >= 15 is 0 Å². The molecule has 32 heavy (non-hydrogen) atoms. The fraction of sp³-hybridized carbons (Fsp3) is 0.833. The van der Waals surface area contributed by atoms with E-state index in [0.717, 1.165) is 72.5 Å². The van der Waals surface area contributed by atoms with Gasteiger partial charge in [0, 0.05) is 0 Å². The monoisotopic (exact) mass is 434 g/mol. The van der Waals surface area contributed by atoms with Crippen molar-refractivity contribution in [1.29, 1.82) is 0 Å². The first-order valence-corrected chi connectivity index (χ1v) is 14.2. The summed E-state index contributed by atoms with van der Waals surface area (Å²) in [7, 11) is 0. The molecule has 0 amide bonds. The molecule has 2 nitrogen and oxygen atoms in total. The van der Waals surface area contributed by atoms with Crippen LogP contribution in [0.5, 0.6) is 0 Å². The lowest BCUT2D eigenvalue weighted by Crippen LogP contribution is -2.50. The molecule has 0 aromatic carbocycles. The van der Waals surface area contributed by atoms with Crippen molar-refractivity contribution in [2.75, 3.05) is 6.61 Å². The van der Waals surface area contributed by atoms with Gasteiger partial charge in [0.2, 0.25) is 0 Å². The highest BCUT2D eigenvalue weighted by Gasteiger charge is 2.56. The molecule has 1 aliphatic heterocycles. The second-order valence-corrected chi connectivity index (χ2v) is 12.9. The van der Waals surface area contributed by atoms with Crippen molar-refractivity contribution < 1.29 is 9.53 Å². The number of allylic oxidation sites excluding steroid dienone is 4. The third-order valence-electron chi connectivity index (χ3n) is 12.2. The molecule has 1 saturated heterocycles. The third-order valence-corrected chi connectivity index (χ3v) is 12.2. The highest BCUT2D eigenvalue weighted by atomic mass is 16.5. The molecular weight excluding hydrogens is 392 g/mol. The molecular formula is C30H42O2. The van der Waals surface area contributed by atoms with Crippen molar-refractivity contribution in [3.63, 3.8) is 0 Å². The summed E-state index contributed by atoms with van der Waals surface area (Å²) in [5.74, 6) is 9.46. The minimum atomic E-state index is -0.171. The van der Waals surface area contributed by atoms with Gasteiger partial charge >= 0.3 is 5.97 Å². The molecule has 7 rings (SSSR count). The van der Waals surface area contributed by atoms with Crippen LogP contribution >= 0.6 is 0 Å². The lowest BCUT2D eigenvalue weighted by atomic mass is 9.48. The molecule has 0 radical (unpaired) electrons. The minimum Gasteiger partial charge on any atom is -0.465 e. The van der Waals surface area contributed by atoms with Crippen molar-refractivity contribution in [3.8, 4) is 0 Å². The van der Waals surface area contributed by atoms with Crippen LogP contribution in [-0.2, 0) is 9.53 Å². The van der Waals surface area contributed by atoms with Gasteiger partial charge in [0.15, 0.2) is 0 Å². The highest BCUT2D eigenvalue weighted by molar-refractivity contribution is 5.79. The van der Waals surface area contributed by atoms with Crippen LogP contribution in [0.15, 0.2) is 24.3 Å². The fourth-order valence-electron chi connectivity index (χ4n) is 10.9. The number of esters is 1. The van der Waals surface area contributed by atoms with Crippen molar-refractivity contribution in [3.05, 3.63) is 24.3 Å². The van der Waals surface area contributed by atoms with Crippen LogP contribution in [0.25, 0.3) is 0 Å². The molecule has 6 aliphatic carbocycles. The first-order chi connectivity index (χ1) is 15.7. The Morgan fingerprint density at radius 2 is 1.44 bits per heavy atom. The predicted molar refractivity (Wildman–Crippen MR) is 127 cm³/mol. The van der Waals surface area contributed by atoms with E-state index in [9.17, 15) is 4.79 Å². The molecule has 2 heteroatoms. The summed E-state index contributed by atoms with van der Waals surface area (Å²) < 4.78 is 5.55. The minimum absolute atomic E-state index is 0.132. The fourth-order valence-corrected chi connectivity index (χ4v) is 10.9. The predicted octanol–water partition coefficient (Wildman–Crippen LogP) is 6.96. The highest BCUT2D eigenvalue weighted by Crippen LogP contribution is 2.62. The molecule has 4 saturated carbocycles.